The van der Waals surface area contributed by atoms with Crippen LogP contribution in [0, 0.1) is 5.92 Å². The second-order valence-electron chi connectivity index (χ2n) is 11.8. The highest BCUT2D eigenvalue weighted by Gasteiger charge is 2.51. The highest BCUT2D eigenvalue weighted by atomic mass is 16.7. The molecule has 2 aliphatic heterocycles. The van der Waals surface area contributed by atoms with Gasteiger partial charge in [-0.05, 0) is 38.8 Å². The van der Waals surface area contributed by atoms with Crippen LogP contribution in [-0.4, -0.2) is 150 Å². The van der Waals surface area contributed by atoms with E-state index in [1.807, 2.05) is 6.08 Å². The first kappa shape index (κ1) is 35.9. The number of hydrogen-bond donors (Lipinski definition) is 11. The van der Waals surface area contributed by atoms with Gasteiger partial charge in [-0.3, -0.25) is 10.0 Å². The van der Waals surface area contributed by atoms with Crippen LogP contribution in [0.3, 0.4) is 0 Å². The second kappa shape index (κ2) is 16.1. The van der Waals surface area contributed by atoms with Crippen molar-refractivity contribution in [3.8, 4) is 0 Å². The van der Waals surface area contributed by atoms with Gasteiger partial charge in [0.2, 0.25) is 12.2 Å². The van der Waals surface area contributed by atoms with E-state index in [0.29, 0.717) is 30.3 Å². The average molecular weight is 622 g/mol. The quantitative estimate of drug-likeness (QED) is 0.0639. The standard InChI is InChI=1S/C26H51N7O10/c1-26(38)12-40-25(20(37)23(26)31-2)42-21-13(8-18(35)33(39)6-5-27)7-17(30)22(19(21)36)43-24-16(29)4-3-15(41-24)10-32-9-14(28)11-34/h3,13-14,16-17,19-25,31-32,34,36-39H,4-12,27-30H2,1-2H3/t13-,14?,16+,17-,19+,20+,21-,22?,23+,24+,25+,26-/m0/s1. The minimum absolute atomic E-state index is 0.0418. The van der Waals surface area contributed by atoms with Gasteiger partial charge in [0.1, 0.15) is 29.7 Å². The number of nitrogens with one attached hydrogen (secondary N) is 2. The van der Waals surface area contributed by atoms with Crippen molar-refractivity contribution in [2.45, 2.75) is 93.0 Å². The smallest absolute Gasteiger partial charge is 0.246 e. The Bertz CT molecular complexity index is 918. The molecule has 2 unspecified atom stereocenters. The van der Waals surface area contributed by atoms with Crippen molar-refractivity contribution in [2.24, 2.45) is 28.9 Å². The van der Waals surface area contributed by atoms with Crippen molar-refractivity contribution >= 4 is 5.91 Å². The van der Waals surface area contributed by atoms with E-state index >= 15 is 0 Å². The predicted octanol–water partition coefficient (Wildman–Crippen LogP) is -5.05. The van der Waals surface area contributed by atoms with Crippen LogP contribution in [0.2, 0.25) is 0 Å². The molecule has 0 spiro atoms. The van der Waals surface area contributed by atoms with Gasteiger partial charge in [0.25, 0.3) is 0 Å². The number of nitrogens with two attached hydrogens (primary N) is 4. The van der Waals surface area contributed by atoms with E-state index in [0.717, 1.165) is 0 Å². The number of carbonyl (C=O) groups excluding carboxylic acids is 1. The molecule has 1 aliphatic carbocycles. The number of ether oxygens (including phenoxy) is 4. The summed E-state index contributed by atoms with van der Waals surface area (Å²) in [7, 11) is 1.57. The van der Waals surface area contributed by atoms with Crippen LogP contribution in [-0.2, 0) is 23.7 Å². The lowest BCUT2D eigenvalue weighted by atomic mass is 9.77. The minimum Gasteiger partial charge on any atom is -0.467 e. The number of rotatable bonds is 14. The van der Waals surface area contributed by atoms with Crippen LogP contribution in [0.1, 0.15) is 26.2 Å². The van der Waals surface area contributed by atoms with E-state index in [1.165, 1.54) is 6.92 Å². The minimum atomic E-state index is -1.43. The first-order chi connectivity index (χ1) is 20.3. The molecule has 2 fully saturated rings. The third-order valence-corrected chi connectivity index (χ3v) is 8.10. The summed E-state index contributed by atoms with van der Waals surface area (Å²) in [4.78, 5) is 12.7. The first-order valence-electron chi connectivity index (χ1n) is 14.6. The highest BCUT2D eigenvalue weighted by Crippen LogP contribution is 2.36. The maximum Gasteiger partial charge on any atom is 0.246 e. The third kappa shape index (κ3) is 9.24. The average Bonchev–Trinajstić information content (AvgIpc) is 2.95. The normalized spacial score (nSPS) is 39.1. The predicted molar refractivity (Wildman–Crippen MR) is 152 cm³/mol. The molecular weight excluding hydrogens is 570 g/mol. The van der Waals surface area contributed by atoms with Crippen molar-refractivity contribution < 1.29 is 49.4 Å². The number of amides is 1. The summed E-state index contributed by atoms with van der Waals surface area (Å²) in [6.45, 7) is 1.78. The summed E-state index contributed by atoms with van der Waals surface area (Å²) >= 11 is 0. The van der Waals surface area contributed by atoms with Crippen LogP contribution in [0.5, 0.6) is 0 Å². The van der Waals surface area contributed by atoms with E-state index in [4.69, 9.17) is 47.0 Å². The molecule has 2 heterocycles. The van der Waals surface area contributed by atoms with Crippen LogP contribution < -0.4 is 33.6 Å². The summed E-state index contributed by atoms with van der Waals surface area (Å²) in [6.07, 6.45) is -5.11. The molecule has 0 radical (unpaired) electrons. The zero-order valence-corrected chi connectivity index (χ0v) is 24.8. The number of hydrogen-bond acceptors (Lipinski definition) is 16. The van der Waals surface area contributed by atoms with Gasteiger partial charge in [-0.2, -0.15) is 0 Å². The maximum atomic E-state index is 12.7. The Balaban J connectivity index is 1.76. The summed E-state index contributed by atoms with van der Waals surface area (Å²) in [6, 6.07) is -2.62. The number of nitrogens with zero attached hydrogens (tertiary/aromatic N) is 1. The second-order valence-corrected chi connectivity index (χ2v) is 11.8. The fraction of sp³-hybridized carbons (Fsp3) is 0.885. The molecule has 0 aromatic heterocycles. The van der Waals surface area contributed by atoms with E-state index in [9.17, 15) is 25.3 Å². The highest BCUT2D eigenvalue weighted by molar-refractivity contribution is 5.75. The molecule has 3 aliphatic rings. The van der Waals surface area contributed by atoms with Crippen molar-refractivity contribution in [2.75, 3.05) is 46.4 Å². The lowest BCUT2D eigenvalue weighted by molar-refractivity contribution is -0.308. The van der Waals surface area contributed by atoms with Gasteiger partial charge in [0, 0.05) is 31.6 Å². The van der Waals surface area contributed by atoms with Gasteiger partial charge in [-0.25, -0.2) is 5.06 Å². The summed E-state index contributed by atoms with van der Waals surface area (Å²) in [5.74, 6) is -0.823. The molecule has 1 saturated heterocycles. The summed E-state index contributed by atoms with van der Waals surface area (Å²) < 4.78 is 23.9. The van der Waals surface area contributed by atoms with Gasteiger partial charge >= 0.3 is 0 Å². The van der Waals surface area contributed by atoms with Crippen molar-refractivity contribution in [1.29, 1.82) is 0 Å². The Morgan fingerprint density at radius 1 is 1.21 bits per heavy atom. The van der Waals surface area contributed by atoms with Crippen LogP contribution in [0.25, 0.3) is 0 Å². The molecule has 17 nitrogen and oxygen atoms in total. The molecule has 3 rings (SSSR count). The van der Waals surface area contributed by atoms with E-state index < -0.39 is 78.6 Å². The molecule has 1 saturated carbocycles. The molecule has 17 heteroatoms. The fourth-order valence-electron chi connectivity index (χ4n) is 5.71. The molecular formula is C26H51N7O10. The Kier molecular flexibility index (Phi) is 13.5. The molecule has 43 heavy (non-hydrogen) atoms. The molecule has 250 valence electrons. The third-order valence-electron chi connectivity index (χ3n) is 8.10. The van der Waals surface area contributed by atoms with Crippen molar-refractivity contribution in [1.82, 2.24) is 15.7 Å². The van der Waals surface area contributed by atoms with E-state index in [-0.39, 0.29) is 39.1 Å². The van der Waals surface area contributed by atoms with Gasteiger partial charge in [0.05, 0.1) is 44.5 Å². The van der Waals surface area contributed by atoms with Gasteiger partial charge < -0.3 is 72.9 Å². The fourth-order valence-corrected chi connectivity index (χ4v) is 5.71. The van der Waals surface area contributed by atoms with E-state index in [1.54, 1.807) is 7.05 Å². The van der Waals surface area contributed by atoms with Crippen molar-refractivity contribution in [3.05, 3.63) is 11.8 Å². The number of likely N-dealkylation sites (N-methyl/N-ethyl adjacent to an activating group) is 1. The molecule has 0 aromatic rings. The monoisotopic (exact) mass is 621 g/mol. The Labute approximate surface area is 251 Å². The number of aliphatic hydroxyl groups excluding tert-OH is 3. The molecule has 0 aromatic carbocycles. The number of aliphatic hydroxyl groups is 4. The molecule has 12 atom stereocenters. The first-order valence-corrected chi connectivity index (χ1v) is 14.6. The topological polar surface area (TPSA) is 287 Å². The SMILES string of the molecule is CN[C@@H]1[C@@H](O)[C@@H](O[C@H]2[C@H](CC(=O)N(O)CCN)C[C@H](N)C(O[C@H]3OC(CNCC(N)CO)=CC[C@H]3N)[C@@H]2O)OC[C@]1(C)O. The Morgan fingerprint density at radius 3 is 2.56 bits per heavy atom. The largest absolute Gasteiger partial charge is 0.467 e. The maximum absolute atomic E-state index is 12.7. The summed E-state index contributed by atoms with van der Waals surface area (Å²) in [5.41, 5.74) is 22.5. The van der Waals surface area contributed by atoms with Crippen LogP contribution in [0.15, 0.2) is 11.8 Å². The Morgan fingerprint density at radius 2 is 1.91 bits per heavy atom. The Hall–Kier alpha value is -1.55. The molecule has 15 N–H and O–H groups in total. The summed E-state index contributed by atoms with van der Waals surface area (Å²) in [5, 5.41) is 58.8. The lowest BCUT2D eigenvalue weighted by Gasteiger charge is -2.48. The van der Waals surface area contributed by atoms with Gasteiger partial charge in [0.15, 0.2) is 6.29 Å². The zero-order chi connectivity index (χ0) is 31.9. The van der Waals surface area contributed by atoms with Crippen LogP contribution >= 0.6 is 0 Å². The van der Waals surface area contributed by atoms with Crippen LogP contribution in [0.4, 0.5) is 0 Å². The lowest BCUT2D eigenvalue weighted by Crippen LogP contribution is -2.67. The zero-order valence-electron chi connectivity index (χ0n) is 24.8. The molecule has 0 bridgehead atoms. The van der Waals surface area contributed by atoms with Gasteiger partial charge in [-0.15, -0.1) is 0 Å². The number of hydroxylamine groups is 2. The van der Waals surface area contributed by atoms with Gasteiger partial charge in [-0.1, -0.05) is 0 Å². The van der Waals surface area contributed by atoms with E-state index in [2.05, 4.69) is 10.6 Å². The molecule has 1 amide bonds. The van der Waals surface area contributed by atoms with Crippen molar-refractivity contribution in [3.63, 3.8) is 0 Å². The number of carbonyl (C=O) groups is 1.